The summed E-state index contributed by atoms with van der Waals surface area (Å²) in [5.41, 5.74) is 0.153. The molecule has 16 heavy (non-hydrogen) atoms. The van der Waals surface area contributed by atoms with Crippen molar-refractivity contribution in [3.63, 3.8) is 0 Å². The molecule has 2 rings (SSSR count). The third kappa shape index (κ3) is 2.70. The number of hydrogen-bond donors (Lipinski definition) is 1. The summed E-state index contributed by atoms with van der Waals surface area (Å²) in [5, 5.41) is 4.45. The number of amidine groups is 1. The number of piperidine rings is 1. The molecular formula is C11H19N3OS. The van der Waals surface area contributed by atoms with Gasteiger partial charge in [-0.25, -0.2) is 0 Å². The molecular weight excluding hydrogens is 222 g/mol. The average molecular weight is 241 g/mol. The largest absolute Gasteiger partial charge is 0.359 e. The van der Waals surface area contributed by atoms with Crippen LogP contribution in [0, 0.1) is 0 Å². The van der Waals surface area contributed by atoms with E-state index < -0.39 is 0 Å². The van der Waals surface area contributed by atoms with Crippen LogP contribution in [0.4, 0.5) is 0 Å². The predicted molar refractivity (Wildman–Crippen MR) is 67.8 cm³/mol. The Morgan fingerprint density at radius 3 is 2.88 bits per heavy atom. The van der Waals surface area contributed by atoms with Crippen molar-refractivity contribution >= 4 is 22.8 Å². The number of amides is 1. The molecule has 0 aromatic heterocycles. The molecule has 0 aromatic rings. The van der Waals surface area contributed by atoms with E-state index in [0.717, 1.165) is 23.9 Å². The predicted octanol–water partition coefficient (Wildman–Crippen LogP) is 1.08. The second-order valence-electron chi connectivity index (χ2n) is 5.20. The SMILES string of the molecule is CN1CC(N=C2NC(C)(C)CS2)CCC1=O. The van der Waals surface area contributed by atoms with E-state index in [1.54, 1.807) is 16.7 Å². The smallest absolute Gasteiger partial charge is 0.222 e. The third-order valence-corrected chi connectivity index (χ3v) is 4.26. The summed E-state index contributed by atoms with van der Waals surface area (Å²) in [6.45, 7) is 5.11. The number of thioether (sulfide) groups is 1. The van der Waals surface area contributed by atoms with Crippen LogP contribution in [0.25, 0.3) is 0 Å². The molecule has 1 unspecified atom stereocenters. The zero-order chi connectivity index (χ0) is 11.8. The summed E-state index contributed by atoms with van der Waals surface area (Å²) in [4.78, 5) is 17.8. The molecule has 90 valence electrons. The standard InChI is InChI=1S/C11H19N3OS/c1-11(2)7-16-10(13-11)12-8-4-5-9(15)14(3)6-8/h8H,4-7H2,1-3H3,(H,12,13). The van der Waals surface area contributed by atoms with Crippen LogP contribution in [0.15, 0.2) is 4.99 Å². The Kier molecular flexibility index (Phi) is 3.15. The van der Waals surface area contributed by atoms with Crippen molar-refractivity contribution in [3.8, 4) is 0 Å². The molecule has 0 aromatic carbocycles. The summed E-state index contributed by atoms with van der Waals surface area (Å²) in [6.07, 6.45) is 1.52. The van der Waals surface area contributed by atoms with Crippen LogP contribution < -0.4 is 5.32 Å². The monoisotopic (exact) mass is 241 g/mol. The first kappa shape index (κ1) is 11.8. The van der Waals surface area contributed by atoms with Gasteiger partial charge in [0.25, 0.3) is 0 Å². The fraction of sp³-hybridized carbons (Fsp3) is 0.818. The number of carbonyl (C=O) groups excluding carboxylic acids is 1. The van der Waals surface area contributed by atoms with Gasteiger partial charge in [-0.1, -0.05) is 11.8 Å². The number of hydrogen-bond acceptors (Lipinski definition) is 3. The van der Waals surface area contributed by atoms with Crippen molar-refractivity contribution in [2.45, 2.75) is 38.3 Å². The molecule has 0 radical (unpaired) electrons. The highest BCUT2D eigenvalue weighted by Gasteiger charge is 2.29. The van der Waals surface area contributed by atoms with Crippen LogP contribution in [0.1, 0.15) is 26.7 Å². The van der Waals surface area contributed by atoms with Crippen molar-refractivity contribution in [1.29, 1.82) is 0 Å². The summed E-state index contributed by atoms with van der Waals surface area (Å²) < 4.78 is 0. The maximum atomic E-state index is 11.3. The van der Waals surface area contributed by atoms with Crippen molar-refractivity contribution in [2.24, 2.45) is 4.99 Å². The van der Waals surface area contributed by atoms with E-state index in [9.17, 15) is 4.79 Å². The molecule has 2 fully saturated rings. The number of nitrogens with one attached hydrogen (secondary N) is 1. The van der Waals surface area contributed by atoms with E-state index in [2.05, 4.69) is 19.2 Å². The second kappa shape index (κ2) is 4.28. The maximum absolute atomic E-state index is 11.3. The van der Waals surface area contributed by atoms with Gasteiger partial charge in [-0.05, 0) is 20.3 Å². The van der Waals surface area contributed by atoms with Crippen molar-refractivity contribution in [3.05, 3.63) is 0 Å². The Bertz CT molecular complexity index is 327. The zero-order valence-corrected chi connectivity index (χ0v) is 10.9. The number of carbonyl (C=O) groups is 1. The van der Waals surface area contributed by atoms with Crippen LogP contribution >= 0.6 is 11.8 Å². The van der Waals surface area contributed by atoms with Gasteiger partial charge >= 0.3 is 0 Å². The molecule has 5 heteroatoms. The molecule has 1 atom stereocenters. The summed E-state index contributed by atoms with van der Waals surface area (Å²) in [7, 11) is 1.85. The van der Waals surface area contributed by atoms with E-state index in [-0.39, 0.29) is 17.5 Å². The van der Waals surface area contributed by atoms with Gasteiger partial charge in [0.1, 0.15) is 0 Å². The van der Waals surface area contributed by atoms with Crippen molar-refractivity contribution in [2.75, 3.05) is 19.3 Å². The van der Waals surface area contributed by atoms with Gasteiger partial charge in [0.05, 0.1) is 6.04 Å². The van der Waals surface area contributed by atoms with Crippen molar-refractivity contribution < 1.29 is 4.79 Å². The van der Waals surface area contributed by atoms with E-state index in [1.807, 2.05) is 7.05 Å². The Labute approximate surface area is 101 Å². The topological polar surface area (TPSA) is 44.7 Å². The Balaban J connectivity index is 1.95. The normalized spacial score (nSPS) is 31.9. The van der Waals surface area contributed by atoms with Gasteiger partial charge in [0.15, 0.2) is 5.17 Å². The molecule has 4 nitrogen and oxygen atoms in total. The minimum atomic E-state index is 0.153. The molecule has 0 bridgehead atoms. The number of rotatable bonds is 1. The molecule has 2 saturated heterocycles. The maximum Gasteiger partial charge on any atom is 0.222 e. The molecule has 1 amide bonds. The minimum absolute atomic E-state index is 0.153. The minimum Gasteiger partial charge on any atom is -0.359 e. The number of likely N-dealkylation sites (tertiary alicyclic amines) is 1. The highest BCUT2D eigenvalue weighted by Crippen LogP contribution is 2.24. The fourth-order valence-electron chi connectivity index (χ4n) is 1.94. The lowest BCUT2D eigenvalue weighted by Gasteiger charge is -2.27. The molecule has 0 saturated carbocycles. The van der Waals surface area contributed by atoms with Gasteiger partial charge in [0.2, 0.25) is 5.91 Å². The Morgan fingerprint density at radius 1 is 1.56 bits per heavy atom. The van der Waals surface area contributed by atoms with E-state index in [0.29, 0.717) is 6.42 Å². The third-order valence-electron chi connectivity index (χ3n) is 2.92. The van der Waals surface area contributed by atoms with Crippen LogP contribution in [-0.2, 0) is 4.79 Å². The lowest BCUT2D eigenvalue weighted by molar-refractivity contribution is -0.132. The first-order chi connectivity index (χ1) is 7.46. The lowest BCUT2D eigenvalue weighted by Crippen LogP contribution is -2.41. The molecule has 0 spiro atoms. The first-order valence-corrected chi connectivity index (χ1v) is 6.67. The van der Waals surface area contributed by atoms with Gasteiger partial charge in [-0.3, -0.25) is 9.79 Å². The van der Waals surface area contributed by atoms with Gasteiger partial charge in [-0.15, -0.1) is 0 Å². The average Bonchev–Trinajstić information content (AvgIpc) is 2.52. The summed E-state index contributed by atoms with van der Waals surface area (Å²) in [6, 6.07) is 0.270. The fourth-order valence-corrected chi connectivity index (χ4v) is 3.08. The summed E-state index contributed by atoms with van der Waals surface area (Å²) >= 11 is 1.78. The highest BCUT2D eigenvalue weighted by atomic mass is 32.2. The molecule has 1 N–H and O–H groups in total. The van der Waals surface area contributed by atoms with Crippen molar-refractivity contribution in [1.82, 2.24) is 10.2 Å². The highest BCUT2D eigenvalue weighted by molar-refractivity contribution is 8.14. The molecule has 2 aliphatic rings. The summed E-state index contributed by atoms with van der Waals surface area (Å²) in [5.74, 6) is 1.30. The molecule has 2 aliphatic heterocycles. The Morgan fingerprint density at radius 2 is 2.31 bits per heavy atom. The van der Waals surface area contributed by atoms with E-state index in [1.165, 1.54) is 0 Å². The van der Waals surface area contributed by atoms with Crippen LogP contribution in [0.3, 0.4) is 0 Å². The van der Waals surface area contributed by atoms with Gasteiger partial charge in [0, 0.05) is 31.3 Å². The van der Waals surface area contributed by atoms with Crippen LogP contribution in [-0.4, -0.2) is 46.9 Å². The second-order valence-corrected chi connectivity index (χ2v) is 6.16. The van der Waals surface area contributed by atoms with Gasteiger partial charge < -0.3 is 10.2 Å². The number of aliphatic imine (C=N–C) groups is 1. The van der Waals surface area contributed by atoms with Crippen LogP contribution in [0.2, 0.25) is 0 Å². The number of nitrogens with zero attached hydrogens (tertiary/aromatic N) is 2. The van der Waals surface area contributed by atoms with E-state index >= 15 is 0 Å². The zero-order valence-electron chi connectivity index (χ0n) is 10.1. The number of likely N-dealkylation sites (N-methyl/N-ethyl adjacent to an activating group) is 1. The van der Waals surface area contributed by atoms with E-state index in [4.69, 9.17) is 4.99 Å². The molecule has 0 aliphatic carbocycles. The van der Waals surface area contributed by atoms with Gasteiger partial charge in [-0.2, -0.15) is 0 Å². The quantitative estimate of drug-likeness (QED) is 0.747. The first-order valence-electron chi connectivity index (χ1n) is 5.69. The molecule has 2 heterocycles. The Hall–Kier alpha value is -0.710. The van der Waals surface area contributed by atoms with Crippen LogP contribution in [0.5, 0.6) is 0 Å². The lowest BCUT2D eigenvalue weighted by atomic mass is 10.1.